The van der Waals surface area contributed by atoms with Crippen molar-refractivity contribution in [3.8, 4) is 5.75 Å². The van der Waals surface area contributed by atoms with Crippen molar-refractivity contribution in [1.82, 2.24) is 10.0 Å². The Morgan fingerprint density at radius 2 is 1.75 bits per heavy atom. The molecule has 0 saturated carbocycles. The van der Waals surface area contributed by atoms with E-state index in [1.807, 2.05) is 0 Å². The lowest BCUT2D eigenvalue weighted by Crippen LogP contribution is -2.34. The molecule has 1 amide bonds. The molecular weight excluding hydrogens is 514 g/mol. The van der Waals surface area contributed by atoms with Crippen molar-refractivity contribution >= 4 is 54.9 Å². The molecule has 0 heterocycles. The Morgan fingerprint density at radius 1 is 1.09 bits per heavy atom. The largest absolute Gasteiger partial charge is 0.492 e. The maximum atomic E-state index is 12.5. The van der Waals surface area contributed by atoms with Crippen molar-refractivity contribution in [2.75, 3.05) is 11.9 Å². The van der Waals surface area contributed by atoms with Crippen LogP contribution in [0.4, 0.5) is 5.69 Å². The van der Waals surface area contributed by atoms with Crippen molar-refractivity contribution < 1.29 is 17.9 Å². The van der Waals surface area contributed by atoms with Crippen LogP contribution in [0.2, 0.25) is 0 Å². The summed E-state index contributed by atoms with van der Waals surface area (Å²) in [5.74, 6) is 0.840. The molecule has 0 aromatic heterocycles. The van der Waals surface area contributed by atoms with Gasteiger partial charge in [0, 0.05) is 17.3 Å². The van der Waals surface area contributed by atoms with Gasteiger partial charge in [0.05, 0.1) is 16.0 Å². The molecule has 32 heavy (non-hydrogen) atoms. The van der Waals surface area contributed by atoms with Gasteiger partial charge in [-0.05, 0) is 96.8 Å². The van der Waals surface area contributed by atoms with Crippen LogP contribution in [-0.2, 0) is 10.0 Å². The third kappa shape index (κ3) is 8.16. The van der Waals surface area contributed by atoms with Crippen LogP contribution in [0.3, 0.4) is 0 Å². The van der Waals surface area contributed by atoms with Crippen LogP contribution in [-0.4, -0.2) is 32.1 Å². The Bertz CT molecular complexity index is 1060. The first-order valence-electron chi connectivity index (χ1n) is 10.1. The number of amides is 1. The summed E-state index contributed by atoms with van der Waals surface area (Å²) in [6.07, 6.45) is 0.940. The molecule has 2 aromatic carbocycles. The highest BCUT2D eigenvalue weighted by molar-refractivity contribution is 9.10. The predicted octanol–water partition coefficient (Wildman–Crippen LogP) is 4.69. The zero-order valence-corrected chi connectivity index (χ0v) is 21.7. The first kappa shape index (κ1) is 26.2. The van der Waals surface area contributed by atoms with Crippen LogP contribution in [0.1, 0.15) is 44.5 Å². The standard InChI is InChI=1S/C22H28BrN3O4S2/c1-14(2)11-12-30-20-10-5-16(13-19(20)23)21(27)25-22(31)24-17-6-8-18(9-7-17)32(28,29)26-15(3)4/h5-10,13-15,26H,11-12H2,1-4H3,(H2,24,25,27,31). The van der Waals surface area contributed by atoms with Crippen molar-refractivity contribution in [3.05, 3.63) is 52.5 Å². The Morgan fingerprint density at radius 3 is 2.31 bits per heavy atom. The minimum absolute atomic E-state index is 0.0966. The lowest BCUT2D eigenvalue weighted by atomic mass is 10.1. The van der Waals surface area contributed by atoms with Gasteiger partial charge in [-0.2, -0.15) is 0 Å². The predicted molar refractivity (Wildman–Crippen MR) is 135 cm³/mol. The van der Waals surface area contributed by atoms with Gasteiger partial charge in [-0.1, -0.05) is 13.8 Å². The number of carbonyl (C=O) groups excluding carboxylic acids is 1. The van der Waals surface area contributed by atoms with Gasteiger partial charge >= 0.3 is 0 Å². The highest BCUT2D eigenvalue weighted by atomic mass is 79.9. The van der Waals surface area contributed by atoms with Crippen molar-refractivity contribution in [2.24, 2.45) is 5.92 Å². The zero-order chi connectivity index (χ0) is 23.9. The molecule has 0 radical (unpaired) electrons. The SMILES string of the molecule is CC(C)CCOc1ccc(C(=O)NC(=S)Nc2ccc(S(=O)(=O)NC(C)C)cc2)cc1Br. The fourth-order valence-corrected chi connectivity index (χ4v) is 4.55. The van der Waals surface area contributed by atoms with Gasteiger partial charge in [-0.25, -0.2) is 13.1 Å². The van der Waals surface area contributed by atoms with Gasteiger partial charge in [-0.15, -0.1) is 0 Å². The van der Waals surface area contributed by atoms with Gasteiger partial charge in [0.1, 0.15) is 5.75 Å². The smallest absolute Gasteiger partial charge is 0.257 e. The van der Waals surface area contributed by atoms with Gasteiger partial charge < -0.3 is 10.1 Å². The normalized spacial score (nSPS) is 11.5. The average molecular weight is 543 g/mol. The quantitative estimate of drug-likeness (QED) is 0.398. The molecule has 2 aromatic rings. The third-order valence-electron chi connectivity index (χ3n) is 4.19. The molecule has 0 bridgehead atoms. The minimum Gasteiger partial charge on any atom is -0.492 e. The molecule has 10 heteroatoms. The molecule has 3 N–H and O–H groups in total. The van der Waals surface area contributed by atoms with Crippen molar-refractivity contribution in [3.63, 3.8) is 0 Å². The fourth-order valence-electron chi connectivity index (χ4n) is 2.60. The highest BCUT2D eigenvalue weighted by Crippen LogP contribution is 2.26. The summed E-state index contributed by atoms with van der Waals surface area (Å²) >= 11 is 8.64. The number of halogens is 1. The van der Waals surface area contributed by atoms with Crippen LogP contribution in [0, 0.1) is 5.92 Å². The van der Waals surface area contributed by atoms with E-state index in [1.54, 1.807) is 44.2 Å². The van der Waals surface area contributed by atoms with Crippen molar-refractivity contribution in [1.29, 1.82) is 0 Å². The molecule has 0 spiro atoms. The molecule has 0 fully saturated rings. The number of sulfonamides is 1. The number of nitrogens with one attached hydrogen (secondary N) is 3. The number of hydrogen-bond acceptors (Lipinski definition) is 5. The van der Waals surface area contributed by atoms with Crippen LogP contribution in [0.5, 0.6) is 5.75 Å². The molecule has 0 atom stereocenters. The van der Waals surface area contributed by atoms with E-state index < -0.39 is 10.0 Å². The summed E-state index contributed by atoms with van der Waals surface area (Å²) in [4.78, 5) is 12.7. The van der Waals surface area contributed by atoms with Crippen LogP contribution in [0.25, 0.3) is 0 Å². The summed E-state index contributed by atoms with van der Waals surface area (Å²) in [5.41, 5.74) is 0.965. The summed E-state index contributed by atoms with van der Waals surface area (Å²) in [5, 5.41) is 5.58. The van der Waals surface area contributed by atoms with Gasteiger partial charge in [-0.3, -0.25) is 10.1 Å². The van der Waals surface area contributed by atoms with E-state index in [0.717, 1.165) is 6.42 Å². The maximum absolute atomic E-state index is 12.5. The topological polar surface area (TPSA) is 96.5 Å². The molecule has 174 valence electrons. The number of thiocarbonyl (C=S) groups is 1. The van der Waals surface area contributed by atoms with E-state index in [-0.39, 0.29) is 22.0 Å². The van der Waals surface area contributed by atoms with E-state index in [0.29, 0.717) is 34.0 Å². The second kappa shape index (κ2) is 11.7. The lowest BCUT2D eigenvalue weighted by Gasteiger charge is -2.13. The molecular formula is C22H28BrN3O4S2. The Labute approximate surface area is 203 Å². The number of rotatable bonds is 9. The Balaban J connectivity index is 1.95. The monoisotopic (exact) mass is 541 g/mol. The van der Waals surface area contributed by atoms with E-state index in [2.05, 4.69) is 45.1 Å². The van der Waals surface area contributed by atoms with Gasteiger partial charge in [0.15, 0.2) is 5.11 Å². The molecule has 2 rings (SSSR count). The molecule has 7 nitrogen and oxygen atoms in total. The number of hydrogen-bond donors (Lipinski definition) is 3. The van der Waals surface area contributed by atoms with Crippen molar-refractivity contribution in [2.45, 2.75) is 45.1 Å². The highest BCUT2D eigenvalue weighted by Gasteiger charge is 2.15. The molecule has 0 aliphatic carbocycles. The van der Waals surface area contributed by atoms with Gasteiger partial charge in [0.2, 0.25) is 10.0 Å². The number of ether oxygens (including phenoxy) is 1. The van der Waals surface area contributed by atoms with Crippen LogP contribution >= 0.6 is 28.1 Å². The third-order valence-corrected chi connectivity index (χ3v) is 6.69. The van der Waals surface area contributed by atoms with E-state index in [1.165, 1.54) is 12.1 Å². The molecule has 0 aliphatic heterocycles. The molecule has 0 saturated heterocycles. The summed E-state index contributed by atoms with van der Waals surface area (Å²) < 4.78 is 33.3. The minimum atomic E-state index is -3.57. The summed E-state index contributed by atoms with van der Waals surface area (Å²) in [7, 11) is -3.57. The number of anilines is 1. The molecule has 0 unspecified atom stereocenters. The van der Waals surface area contributed by atoms with Crippen LogP contribution < -0.4 is 20.1 Å². The first-order valence-corrected chi connectivity index (χ1v) is 12.8. The van der Waals surface area contributed by atoms with E-state index in [4.69, 9.17) is 17.0 Å². The van der Waals surface area contributed by atoms with Crippen LogP contribution in [0.15, 0.2) is 51.8 Å². The maximum Gasteiger partial charge on any atom is 0.257 e. The summed E-state index contributed by atoms with van der Waals surface area (Å²) in [6.45, 7) is 8.36. The Kier molecular flexibility index (Phi) is 9.63. The second-order valence-electron chi connectivity index (χ2n) is 7.88. The Hall–Kier alpha value is -2.01. The second-order valence-corrected chi connectivity index (χ2v) is 10.9. The average Bonchev–Trinajstić information content (AvgIpc) is 2.68. The molecule has 0 aliphatic rings. The van der Waals surface area contributed by atoms with Gasteiger partial charge in [0.25, 0.3) is 5.91 Å². The van der Waals surface area contributed by atoms with E-state index >= 15 is 0 Å². The zero-order valence-electron chi connectivity index (χ0n) is 18.4. The lowest BCUT2D eigenvalue weighted by molar-refractivity contribution is 0.0977. The fraction of sp³-hybridized carbons (Fsp3) is 0.364. The number of carbonyl (C=O) groups is 1. The number of benzene rings is 2. The summed E-state index contributed by atoms with van der Waals surface area (Å²) in [6, 6.07) is 10.9. The first-order chi connectivity index (χ1) is 15.0. The van der Waals surface area contributed by atoms with E-state index in [9.17, 15) is 13.2 Å².